The Bertz CT molecular complexity index is 3490. The highest BCUT2D eigenvalue weighted by molar-refractivity contribution is 6.15. The molecule has 0 unspecified atom stereocenters. The Morgan fingerprint density at radius 2 is 0.774 bits per heavy atom. The van der Waals surface area contributed by atoms with Gasteiger partial charge in [-0.3, -0.25) is 0 Å². The van der Waals surface area contributed by atoms with Crippen molar-refractivity contribution in [2.75, 3.05) is 0 Å². The average Bonchev–Trinajstić information content (AvgIpc) is 3.90. The summed E-state index contributed by atoms with van der Waals surface area (Å²) in [6.07, 6.45) is 0. The van der Waals surface area contributed by atoms with Crippen molar-refractivity contribution in [3.8, 4) is 73.2 Å². The maximum atomic E-state index is 6.73. The van der Waals surface area contributed by atoms with Gasteiger partial charge in [0.1, 0.15) is 11.2 Å². The number of nitrogens with zero attached hydrogens (tertiary/aromatic N) is 4. The summed E-state index contributed by atoms with van der Waals surface area (Å²) in [4.78, 5) is 15.5. The van der Waals surface area contributed by atoms with E-state index in [1.54, 1.807) is 0 Å². The minimum atomic E-state index is 0.569. The molecule has 12 aromatic rings. The van der Waals surface area contributed by atoms with Crippen LogP contribution >= 0.6 is 0 Å². The third kappa shape index (κ3) is 6.06. The van der Waals surface area contributed by atoms with Gasteiger partial charge in [-0.1, -0.05) is 170 Å². The number of furan rings is 1. The van der Waals surface area contributed by atoms with Crippen LogP contribution in [0, 0.1) is 0 Å². The van der Waals surface area contributed by atoms with Crippen molar-refractivity contribution in [3.05, 3.63) is 218 Å². The van der Waals surface area contributed by atoms with Crippen LogP contribution in [0.25, 0.3) is 117 Å². The highest BCUT2D eigenvalue weighted by Crippen LogP contribution is 2.42. The molecule has 0 fully saturated rings. The molecule has 0 aliphatic rings. The van der Waals surface area contributed by atoms with Crippen LogP contribution in [0.3, 0.4) is 0 Å². The molecular weight excluding hydrogens is 757 g/mol. The van der Waals surface area contributed by atoms with Gasteiger partial charge in [0.15, 0.2) is 17.5 Å². The molecule has 0 saturated carbocycles. The number of para-hydroxylation sites is 3. The van der Waals surface area contributed by atoms with E-state index in [0.717, 1.165) is 77.7 Å². The Morgan fingerprint density at radius 1 is 0.306 bits per heavy atom. The fourth-order valence-corrected chi connectivity index (χ4v) is 8.97. The van der Waals surface area contributed by atoms with Gasteiger partial charge in [0.25, 0.3) is 0 Å². The molecule has 0 bridgehead atoms. The second-order valence-electron chi connectivity index (χ2n) is 15.6. The quantitative estimate of drug-likeness (QED) is 0.161. The Labute approximate surface area is 357 Å². The Morgan fingerprint density at radius 3 is 1.39 bits per heavy atom. The smallest absolute Gasteiger partial charge is 0.164 e. The number of benzene rings is 9. The number of hydrogen-bond donors (Lipinski definition) is 0. The van der Waals surface area contributed by atoms with Crippen molar-refractivity contribution in [1.82, 2.24) is 19.5 Å². The van der Waals surface area contributed by atoms with Crippen molar-refractivity contribution in [3.63, 3.8) is 0 Å². The maximum absolute atomic E-state index is 6.73. The Balaban J connectivity index is 1.01. The zero-order chi connectivity index (χ0) is 41.0. The molecule has 62 heavy (non-hydrogen) atoms. The van der Waals surface area contributed by atoms with E-state index >= 15 is 0 Å². The highest BCUT2D eigenvalue weighted by Gasteiger charge is 2.20. The van der Waals surface area contributed by atoms with Gasteiger partial charge in [-0.25, -0.2) is 15.0 Å². The van der Waals surface area contributed by atoms with Gasteiger partial charge in [-0.15, -0.1) is 0 Å². The molecule has 0 aliphatic heterocycles. The van der Waals surface area contributed by atoms with E-state index in [2.05, 4.69) is 211 Å². The average molecular weight is 793 g/mol. The van der Waals surface area contributed by atoms with Gasteiger partial charge in [0.05, 0.1) is 16.7 Å². The molecule has 0 saturated heterocycles. The Kier molecular flexibility index (Phi) is 8.42. The summed E-state index contributed by atoms with van der Waals surface area (Å²) in [5, 5.41) is 4.55. The summed E-state index contributed by atoms with van der Waals surface area (Å²) in [7, 11) is 0. The van der Waals surface area contributed by atoms with Gasteiger partial charge in [0.2, 0.25) is 0 Å². The predicted molar refractivity (Wildman–Crippen MR) is 254 cm³/mol. The molecule has 0 aliphatic carbocycles. The van der Waals surface area contributed by atoms with Crippen molar-refractivity contribution in [2.45, 2.75) is 0 Å². The molecule has 0 amide bonds. The lowest BCUT2D eigenvalue weighted by atomic mass is 9.97. The monoisotopic (exact) mass is 792 g/mol. The first-order valence-corrected chi connectivity index (χ1v) is 20.8. The molecule has 290 valence electrons. The van der Waals surface area contributed by atoms with Crippen molar-refractivity contribution < 1.29 is 4.42 Å². The molecule has 0 radical (unpaired) electrons. The lowest BCUT2D eigenvalue weighted by Gasteiger charge is -2.14. The van der Waals surface area contributed by atoms with Crippen molar-refractivity contribution in [2.24, 2.45) is 0 Å². The van der Waals surface area contributed by atoms with Crippen molar-refractivity contribution >= 4 is 43.7 Å². The van der Waals surface area contributed by atoms with Crippen LogP contribution in [-0.2, 0) is 0 Å². The second kappa shape index (κ2) is 14.7. The molecule has 0 N–H and O–H groups in total. The van der Waals surface area contributed by atoms with Crippen LogP contribution in [0.1, 0.15) is 0 Å². The van der Waals surface area contributed by atoms with E-state index in [-0.39, 0.29) is 0 Å². The van der Waals surface area contributed by atoms with Gasteiger partial charge in [-0.05, 0) is 76.3 Å². The second-order valence-corrected chi connectivity index (χ2v) is 15.6. The first-order valence-electron chi connectivity index (χ1n) is 20.8. The van der Waals surface area contributed by atoms with Crippen LogP contribution in [-0.4, -0.2) is 19.5 Å². The third-order valence-electron chi connectivity index (χ3n) is 11.9. The molecule has 5 heteroatoms. The van der Waals surface area contributed by atoms with E-state index in [1.165, 1.54) is 21.8 Å². The van der Waals surface area contributed by atoms with Crippen LogP contribution in [0.5, 0.6) is 0 Å². The summed E-state index contributed by atoms with van der Waals surface area (Å²) in [5.41, 5.74) is 14.4. The largest absolute Gasteiger partial charge is 0.456 e. The van der Waals surface area contributed by atoms with Crippen LogP contribution in [0.4, 0.5) is 0 Å². The lowest BCUT2D eigenvalue weighted by molar-refractivity contribution is 0.669. The summed E-state index contributed by atoms with van der Waals surface area (Å²) < 4.78 is 9.12. The van der Waals surface area contributed by atoms with Crippen LogP contribution < -0.4 is 0 Å². The van der Waals surface area contributed by atoms with E-state index in [0.29, 0.717) is 17.5 Å². The molecular formula is C57H36N4O. The topological polar surface area (TPSA) is 56.7 Å². The number of fused-ring (bicyclic) bond motifs is 6. The number of hydrogen-bond acceptors (Lipinski definition) is 4. The summed E-state index contributed by atoms with van der Waals surface area (Å²) in [5.74, 6) is 1.77. The highest BCUT2D eigenvalue weighted by atomic mass is 16.3. The molecule has 9 aromatic carbocycles. The lowest BCUT2D eigenvalue weighted by Crippen LogP contribution is -2.00. The molecule has 3 aromatic heterocycles. The van der Waals surface area contributed by atoms with Crippen LogP contribution in [0.15, 0.2) is 223 Å². The first-order chi connectivity index (χ1) is 30.7. The predicted octanol–water partition coefficient (Wildman–Crippen LogP) is 14.9. The van der Waals surface area contributed by atoms with Gasteiger partial charge < -0.3 is 8.98 Å². The molecule has 0 spiro atoms. The minimum Gasteiger partial charge on any atom is -0.456 e. The molecule has 12 rings (SSSR count). The van der Waals surface area contributed by atoms with Gasteiger partial charge >= 0.3 is 0 Å². The SMILES string of the molecule is c1ccc(-c2cccc(-c3nc(-c4cccc(-c5ccccc5)c4)nc(-c4ccc5c(c4)oc4cccc(-c6ccccc6-n6c7ccccc7c7ccccc76)c45)n3)c2)cc1. The Hall–Kier alpha value is -8.41. The normalized spacial score (nSPS) is 11.5. The zero-order valence-electron chi connectivity index (χ0n) is 33.5. The van der Waals surface area contributed by atoms with Gasteiger partial charge in [0, 0.05) is 43.8 Å². The fourth-order valence-electron chi connectivity index (χ4n) is 8.97. The molecule has 3 heterocycles. The summed E-state index contributed by atoms with van der Waals surface area (Å²) in [6.45, 7) is 0. The zero-order valence-corrected chi connectivity index (χ0v) is 33.5. The van der Waals surface area contributed by atoms with E-state index < -0.39 is 0 Å². The molecule has 0 atom stereocenters. The minimum absolute atomic E-state index is 0.569. The first kappa shape index (κ1) is 35.5. The van der Waals surface area contributed by atoms with E-state index in [4.69, 9.17) is 19.4 Å². The third-order valence-corrected chi connectivity index (χ3v) is 11.9. The van der Waals surface area contributed by atoms with Gasteiger partial charge in [-0.2, -0.15) is 0 Å². The standard InChI is InChI=1S/C57H36N4O/c1-3-16-37(17-4-1)39-20-13-22-41(34-39)55-58-56(42-23-14-21-40(35-42)38-18-5-2-6-19-38)60-57(59-55)43-32-33-48-53(36-43)62-52-31-15-27-47(54(48)52)46-26-9-12-30-51(46)61-49-28-10-7-24-44(49)45-25-8-11-29-50(45)61/h1-36H. The van der Waals surface area contributed by atoms with E-state index in [1.807, 2.05) is 12.1 Å². The van der Waals surface area contributed by atoms with Crippen molar-refractivity contribution in [1.29, 1.82) is 0 Å². The number of rotatable bonds is 7. The summed E-state index contributed by atoms with van der Waals surface area (Å²) >= 11 is 0. The number of aromatic nitrogens is 4. The van der Waals surface area contributed by atoms with Crippen LogP contribution in [0.2, 0.25) is 0 Å². The maximum Gasteiger partial charge on any atom is 0.164 e. The fraction of sp³-hybridized carbons (Fsp3) is 0. The molecule has 5 nitrogen and oxygen atoms in total. The van der Waals surface area contributed by atoms with E-state index in [9.17, 15) is 0 Å². The summed E-state index contributed by atoms with van der Waals surface area (Å²) in [6, 6.07) is 76.2.